The molecule has 3 unspecified atom stereocenters. The lowest BCUT2D eigenvalue weighted by Gasteiger charge is -2.39. The van der Waals surface area contributed by atoms with Gasteiger partial charge in [-0.2, -0.15) is 0 Å². The van der Waals surface area contributed by atoms with E-state index in [-0.39, 0.29) is 12.0 Å². The van der Waals surface area contributed by atoms with E-state index in [9.17, 15) is 4.79 Å². The molecule has 4 heteroatoms. The van der Waals surface area contributed by atoms with Crippen molar-refractivity contribution in [3.8, 4) is 0 Å². The third-order valence-electron chi connectivity index (χ3n) is 5.56. The Morgan fingerprint density at radius 3 is 2.67 bits per heavy atom. The van der Waals surface area contributed by atoms with Crippen LogP contribution in [0.25, 0.3) is 0 Å². The molecule has 0 aromatic carbocycles. The van der Waals surface area contributed by atoms with Crippen molar-refractivity contribution >= 4 is 5.91 Å². The zero-order valence-electron chi connectivity index (χ0n) is 13.4. The number of nitrogens with one attached hydrogen (secondary N) is 1. The Labute approximate surface area is 128 Å². The molecule has 3 fully saturated rings. The summed E-state index contributed by atoms with van der Waals surface area (Å²) < 4.78 is 5.63. The molecule has 0 saturated carbocycles. The smallest absolute Gasteiger partial charge is 0.228 e. The monoisotopic (exact) mass is 294 g/mol. The number of carbonyl (C=O) groups is 1. The summed E-state index contributed by atoms with van der Waals surface area (Å²) in [5.74, 6) is 1.19. The average molecular weight is 294 g/mol. The van der Waals surface area contributed by atoms with E-state index in [1.807, 2.05) is 0 Å². The molecule has 0 aromatic rings. The summed E-state index contributed by atoms with van der Waals surface area (Å²) in [6.45, 7) is 5.92. The fourth-order valence-electron chi connectivity index (χ4n) is 4.35. The van der Waals surface area contributed by atoms with Crippen LogP contribution >= 0.6 is 0 Å². The van der Waals surface area contributed by atoms with E-state index in [0.717, 1.165) is 26.1 Å². The van der Waals surface area contributed by atoms with Crippen LogP contribution in [0, 0.1) is 11.8 Å². The lowest BCUT2D eigenvalue weighted by molar-refractivity contribution is -0.139. The van der Waals surface area contributed by atoms with Crippen LogP contribution in [0.1, 0.15) is 51.9 Å². The Hall–Kier alpha value is -0.610. The minimum Gasteiger partial charge on any atom is -0.378 e. The Bertz CT molecular complexity index is 355. The number of amides is 1. The maximum Gasteiger partial charge on any atom is 0.228 e. The number of piperidine rings is 1. The summed E-state index contributed by atoms with van der Waals surface area (Å²) in [5.41, 5.74) is 0. The van der Waals surface area contributed by atoms with Crippen molar-refractivity contribution in [1.29, 1.82) is 0 Å². The molecule has 1 N–H and O–H groups in total. The fraction of sp³-hybridized carbons (Fsp3) is 0.941. The number of hydrogen-bond acceptors (Lipinski definition) is 3. The summed E-state index contributed by atoms with van der Waals surface area (Å²) in [6.07, 6.45) is 8.57. The molecule has 1 amide bonds. The normalized spacial score (nSPS) is 35.7. The average Bonchev–Trinajstić information content (AvgIpc) is 2.81. The zero-order chi connectivity index (χ0) is 14.7. The van der Waals surface area contributed by atoms with Crippen molar-refractivity contribution in [2.75, 3.05) is 26.2 Å². The van der Waals surface area contributed by atoms with Gasteiger partial charge in [0.05, 0.1) is 18.6 Å². The van der Waals surface area contributed by atoms with Crippen LogP contribution in [-0.4, -0.2) is 49.2 Å². The van der Waals surface area contributed by atoms with Gasteiger partial charge in [0.25, 0.3) is 0 Å². The zero-order valence-corrected chi connectivity index (χ0v) is 13.4. The first kappa shape index (κ1) is 15.3. The van der Waals surface area contributed by atoms with Gasteiger partial charge < -0.3 is 15.0 Å². The van der Waals surface area contributed by atoms with Crippen LogP contribution in [0.5, 0.6) is 0 Å². The molecule has 3 heterocycles. The molecule has 0 aliphatic carbocycles. The van der Waals surface area contributed by atoms with Crippen molar-refractivity contribution < 1.29 is 9.53 Å². The van der Waals surface area contributed by atoms with Gasteiger partial charge in [0.2, 0.25) is 5.91 Å². The first-order valence-electron chi connectivity index (χ1n) is 8.88. The Kier molecular flexibility index (Phi) is 5.17. The SMILES string of the molecule is CC1CC(C(=O)N2CCCCCC2C2CCNCC2)CO1. The molecule has 21 heavy (non-hydrogen) atoms. The van der Waals surface area contributed by atoms with Crippen LogP contribution < -0.4 is 5.32 Å². The highest BCUT2D eigenvalue weighted by Gasteiger charge is 2.37. The maximum absolute atomic E-state index is 13.0. The minimum absolute atomic E-state index is 0.113. The van der Waals surface area contributed by atoms with Crippen molar-refractivity contribution in [3.63, 3.8) is 0 Å². The quantitative estimate of drug-likeness (QED) is 0.849. The molecule has 3 aliphatic heterocycles. The van der Waals surface area contributed by atoms with Crippen molar-refractivity contribution in [3.05, 3.63) is 0 Å². The van der Waals surface area contributed by atoms with Gasteiger partial charge in [-0.25, -0.2) is 0 Å². The van der Waals surface area contributed by atoms with Crippen LogP contribution in [0.2, 0.25) is 0 Å². The number of hydrogen-bond donors (Lipinski definition) is 1. The lowest BCUT2D eigenvalue weighted by Crippen LogP contribution is -2.49. The van der Waals surface area contributed by atoms with Crippen molar-refractivity contribution in [1.82, 2.24) is 10.2 Å². The predicted octanol–water partition coefficient (Wildman–Crippen LogP) is 2.18. The molecule has 4 nitrogen and oxygen atoms in total. The minimum atomic E-state index is 0.113. The van der Waals surface area contributed by atoms with E-state index in [0.29, 0.717) is 24.5 Å². The Morgan fingerprint density at radius 1 is 1.14 bits per heavy atom. The molecule has 3 atom stereocenters. The number of likely N-dealkylation sites (tertiary alicyclic amines) is 1. The van der Waals surface area contributed by atoms with Gasteiger partial charge in [-0.3, -0.25) is 4.79 Å². The Morgan fingerprint density at radius 2 is 1.95 bits per heavy atom. The van der Waals surface area contributed by atoms with E-state index in [1.54, 1.807) is 0 Å². The van der Waals surface area contributed by atoms with E-state index in [1.165, 1.54) is 38.5 Å². The molecule has 0 bridgehead atoms. The molecule has 0 radical (unpaired) electrons. The highest BCUT2D eigenvalue weighted by Crippen LogP contribution is 2.31. The predicted molar refractivity (Wildman–Crippen MR) is 83.1 cm³/mol. The number of ether oxygens (including phenoxy) is 1. The second kappa shape index (κ2) is 7.10. The second-order valence-electron chi connectivity index (χ2n) is 7.11. The molecule has 120 valence electrons. The van der Waals surface area contributed by atoms with Gasteiger partial charge >= 0.3 is 0 Å². The van der Waals surface area contributed by atoms with Gasteiger partial charge in [0.15, 0.2) is 0 Å². The van der Waals surface area contributed by atoms with Crippen molar-refractivity contribution in [2.24, 2.45) is 11.8 Å². The van der Waals surface area contributed by atoms with Gasteiger partial charge in [-0.1, -0.05) is 12.8 Å². The standard InChI is InChI=1S/C17H30N2O2/c1-13-11-15(12-21-13)17(20)19-10-4-2-3-5-16(19)14-6-8-18-9-7-14/h13-16,18H,2-12H2,1H3. The fourth-order valence-corrected chi connectivity index (χ4v) is 4.35. The highest BCUT2D eigenvalue weighted by atomic mass is 16.5. The summed E-state index contributed by atoms with van der Waals surface area (Å²) in [7, 11) is 0. The van der Waals surface area contributed by atoms with Gasteiger partial charge in [-0.15, -0.1) is 0 Å². The second-order valence-corrected chi connectivity index (χ2v) is 7.11. The summed E-state index contributed by atoms with van der Waals surface area (Å²) >= 11 is 0. The first-order chi connectivity index (χ1) is 10.3. The van der Waals surface area contributed by atoms with Gasteiger partial charge in [0.1, 0.15) is 0 Å². The molecule has 3 rings (SSSR count). The third-order valence-corrected chi connectivity index (χ3v) is 5.56. The highest BCUT2D eigenvalue weighted by molar-refractivity contribution is 5.79. The molecule has 0 aromatic heterocycles. The molecule has 3 aliphatic rings. The largest absolute Gasteiger partial charge is 0.378 e. The van der Waals surface area contributed by atoms with Crippen LogP contribution in [0.15, 0.2) is 0 Å². The van der Waals surface area contributed by atoms with Crippen molar-refractivity contribution in [2.45, 2.75) is 64.0 Å². The van der Waals surface area contributed by atoms with E-state index >= 15 is 0 Å². The molecule has 0 spiro atoms. The van der Waals surface area contributed by atoms with Gasteiger partial charge in [-0.05, 0) is 58.0 Å². The molecule has 3 saturated heterocycles. The number of nitrogens with zero attached hydrogens (tertiary/aromatic N) is 1. The summed E-state index contributed by atoms with van der Waals surface area (Å²) in [4.78, 5) is 15.2. The third kappa shape index (κ3) is 3.59. The summed E-state index contributed by atoms with van der Waals surface area (Å²) in [6, 6.07) is 0.484. The summed E-state index contributed by atoms with van der Waals surface area (Å²) in [5, 5.41) is 3.45. The number of rotatable bonds is 2. The van der Waals surface area contributed by atoms with E-state index in [2.05, 4.69) is 17.1 Å². The van der Waals surface area contributed by atoms with E-state index < -0.39 is 0 Å². The first-order valence-corrected chi connectivity index (χ1v) is 8.88. The molecular formula is C17H30N2O2. The van der Waals surface area contributed by atoms with Gasteiger partial charge in [0, 0.05) is 12.6 Å². The Balaban J connectivity index is 1.70. The van der Waals surface area contributed by atoms with Crippen LogP contribution in [0.4, 0.5) is 0 Å². The van der Waals surface area contributed by atoms with E-state index in [4.69, 9.17) is 4.74 Å². The van der Waals surface area contributed by atoms with Crippen LogP contribution in [-0.2, 0) is 9.53 Å². The topological polar surface area (TPSA) is 41.6 Å². The maximum atomic E-state index is 13.0. The lowest BCUT2D eigenvalue weighted by atomic mass is 9.86. The number of carbonyl (C=O) groups excluding carboxylic acids is 1. The van der Waals surface area contributed by atoms with Crippen LogP contribution in [0.3, 0.4) is 0 Å². The molecular weight excluding hydrogens is 264 g/mol.